The van der Waals surface area contributed by atoms with Crippen molar-refractivity contribution in [2.75, 3.05) is 12.3 Å². The van der Waals surface area contributed by atoms with Crippen LogP contribution in [-0.2, 0) is 0 Å². The number of nitrogen functional groups attached to an aromatic ring is 1. The molecule has 0 aliphatic heterocycles. The zero-order chi connectivity index (χ0) is 15.3. The maximum atomic E-state index is 12.1. The van der Waals surface area contributed by atoms with Gasteiger partial charge in [-0.15, -0.1) is 0 Å². The van der Waals surface area contributed by atoms with E-state index in [0.717, 1.165) is 0 Å². The van der Waals surface area contributed by atoms with Gasteiger partial charge in [-0.05, 0) is 18.4 Å². The highest BCUT2D eigenvalue weighted by molar-refractivity contribution is 6.01. The molecule has 0 heterocycles. The molecule has 0 spiro atoms. The van der Waals surface area contributed by atoms with E-state index in [1.807, 2.05) is 13.8 Å². The summed E-state index contributed by atoms with van der Waals surface area (Å²) in [5, 5.41) is 22.6. The molecule has 0 bridgehead atoms. The van der Waals surface area contributed by atoms with E-state index in [1.54, 1.807) is 0 Å². The van der Waals surface area contributed by atoms with Crippen LogP contribution >= 0.6 is 0 Å². The smallest absolute Gasteiger partial charge is 0.292 e. The number of nitrogens with two attached hydrogens (primary N) is 1. The summed E-state index contributed by atoms with van der Waals surface area (Å²) in [5.74, 6) is -0.221. The molecule has 4 N–H and O–H groups in total. The van der Waals surface area contributed by atoms with Gasteiger partial charge in [0.1, 0.15) is 5.69 Å². The first-order valence-electron chi connectivity index (χ1n) is 6.31. The number of nitrogens with one attached hydrogen (secondary N) is 1. The molecular formula is C13H19N3O4. The number of amides is 1. The van der Waals surface area contributed by atoms with Gasteiger partial charge in [0.25, 0.3) is 11.6 Å². The summed E-state index contributed by atoms with van der Waals surface area (Å²) in [5.41, 5.74) is 5.21. The highest BCUT2D eigenvalue weighted by atomic mass is 16.6. The van der Waals surface area contributed by atoms with Crippen LogP contribution in [0, 0.1) is 16.0 Å². The Morgan fingerprint density at radius 1 is 1.50 bits per heavy atom. The molecule has 0 fully saturated rings. The molecule has 1 aromatic rings. The topological polar surface area (TPSA) is 118 Å². The van der Waals surface area contributed by atoms with E-state index >= 15 is 0 Å². The predicted octanol–water partition coefficient (Wildman–Crippen LogP) is 1.31. The molecule has 1 rings (SSSR count). The van der Waals surface area contributed by atoms with Gasteiger partial charge in [-0.2, -0.15) is 0 Å². The number of benzene rings is 1. The van der Waals surface area contributed by atoms with Gasteiger partial charge in [0.15, 0.2) is 0 Å². The van der Waals surface area contributed by atoms with E-state index in [4.69, 9.17) is 5.73 Å². The highest BCUT2D eigenvalue weighted by Gasteiger charge is 2.21. The molecule has 0 radical (unpaired) electrons. The number of nitro groups is 1. The van der Waals surface area contributed by atoms with Crippen molar-refractivity contribution in [1.82, 2.24) is 5.32 Å². The normalized spacial score (nSPS) is 12.2. The number of hydrogen-bond donors (Lipinski definition) is 3. The van der Waals surface area contributed by atoms with Crippen LogP contribution in [0.5, 0.6) is 0 Å². The van der Waals surface area contributed by atoms with Crippen molar-refractivity contribution in [1.29, 1.82) is 0 Å². The van der Waals surface area contributed by atoms with Crippen molar-refractivity contribution in [3.05, 3.63) is 33.9 Å². The van der Waals surface area contributed by atoms with Gasteiger partial charge in [-0.1, -0.05) is 19.9 Å². The lowest BCUT2D eigenvalue weighted by atomic mass is 10.0. The van der Waals surface area contributed by atoms with Crippen molar-refractivity contribution in [3.8, 4) is 0 Å². The number of nitro benzene ring substituents is 1. The van der Waals surface area contributed by atoms with Crippen LogP contribution in [0.15, 0.2) is 18.2 Å². The zero-order valence-electron chi connectivity index (χ0n) is 11.5. The number of aliphatic hydroxyl groups is 1. The molecule has 0 aliphatic rings. The third-order valence-electron chi connectivity index (χ3n) is 2.84. The van der Waals surface area contributed by atoms with Crippen LogP contribution < -0.4 is 11.1 Å². The fourth-order valence-electron chi connectivity index (χ4n) is 1.92. The first-order valence-corrected chi connectivity index (χ1v) is 6.31. The number of anilines is 1. The molecule has 0 aliphatic carbocycles. The van der Waals surface area contributed by atoms with E-state index in [1.165, 1.54) is 18.2 Å². The number of rotatable bonds is 6. The number of nitrogens with zero attached hydrogens (tertiary/aromatic N) is 1. The van der Waals surface area contributed by atoms with Crippen LogP contribution in [0.25, 0.3) is 0 Å². The molecule has 7 nitrogen and oxygen atoms in total. The van der Waals surface area contributed by atoms with Crippen molar-refractivity contribution in [2.24, 2.45) is 5.92 Å². The minimum atomic E-state index is -0.635. The van der Waals surface area contributed by atoms with E-state index in [9.17, 15) is 20.0 Å². The Hall–Kier alpha value is -2.15. The first-order chi connectivity index (χ1) is 9.36. The van der Waals surface area contributed by atoms with Gasteiger partial charge in [0.05, 0.1) is 23.1 Å². The lowest BCUT2D eigenvalue weighted by molar-refractivity contribution is -0.383. The molecular weight excluding hydrogens is 262 g/mol. The Morgan fingerprint density at radius 2 is 2.15 bits per heavy atom. The summed E-state index contributed by atoms with van der Waals surface area (Å²) in [6.45, 7) is 3.74. The van der Waals surface area contributed by atoms with Gasteiger partial charge in [0, 0.05) is 6.07 Å². The minimum absolute atomic E-state index is 0.0430. The van der Waals surface area contributed by atoms with Crippen LogP contribution in [0.2, 0.25) is 0 Å². The average molecular weight is 281 g/mol. The highest BCUT2D eigenvalue weighted by Crippen LogP contribution is 2.24. The second-order valence-corrected chi connectivity index (χ2v) is 4.98. The second-order valence-electron chi connectivity index (χ2n) is 4.98. The van der Waals surface area contributed by atoms with Gasteiger partial charge >= 0.3 is 0 Å². The number of para-hydroxylation sites is 1. The van der Waals surface area contributed by atoms with Gasteiger partial charge in [-0.3, -0.25) is 14.9 Å². The largest absolute Gasteiger partial charge is 0.394 e. The average Bonchev–Trinajstić information content (AvgIpc) is 2.37. The third kappa shape index (κ3) is 3.92. The maximum Gasteiger partial charge on any atom is 0.292 e. The molecule has 0 saturated carbocycles. The molecule has 7 heteroatoms. The van der Waals surface area contributed by atoms with E-state index in [0.29, 0.717) is 12.3 Å². The summed E-state index contributed by atoms with van der Waals surface area (Å²) in [4.78, 5) is 22.2. The molecule has 0 aromatic heterocycles. The number of carbonyl (C=O) groups is 1. The lowest BCUT2D eigenvalue weighted by Gasteiger charge is -2.18. The quantitative estimate of drug-likeness (QED) is 0.412. The standard InChI is InChI=1S/C13H19N3O4/c1-8(2)6-9(7-17)15-13(18)10-4-3-5-11(12(10)14)16(19)20/h3-5,8-9,17H,6-7,14H2,1-2H3,(H,15,18). The van der Waals surface area contributed by atoms with E-state index in [-0.39, 0.29) is 23.5 Å². The number of aliphatic hydroxyl groups excluding tert-OH is 1. The van der Waals surface area contributed by atoms with Gasteiger partial charge in [0.2, 0.25) is 0 Å². The van der Waals surface area contributed by atoms with Crippen molar-refractivity contribution >= 4 is 17.3 Å². The molecule has 1 unspecified atom stereocenters. The molecule has 0 saturated heterocycles. The number of carbonyl (C=O) groups excluding carboxylic acids is 1. The summed E-state index contributed by atoms with van der Waals surface area (Å²) >= 11 is 0. The summed E-state index contributed by atoms with van der Waals surface area (Å²) < 4.78 is 0. The molecule has 110 valence electrons. The van der Waals surface area contributed by atoms with Crippen molar-refractivity contribution in [2.45, 2.75) is 26.3 Å². The first kappa shape index (κ1) is 15.9. The summed E-state index contributed by atoms with van der Waals surface area (Å²) in [6, 6.07) is 3.66. The Morgan fingerprint density at radius 3 is 2.65 bits per heavy atom. The second kappa shape index (κ2) is 6.85. The Kier molecular flexibility index (Phi) is 5.45. The number of hydrogen-bond acceptors (Lipinski definition) is 5. The van der Waals surface area contributed by atoms with Gasteiger partial charge < -0.3 is 16.2 Å². The molecule has 1 amide bonds. The predicted molar refractivity (Wildman–Crippen MR) is 75.3 cm³/mol. The summed E-state index contributed by atoms with van der Waals surface area (Å²) in [7, 11) is 0. The van der Waals surface area contributed by atoms with E-state index in [2.05, 4.69) is 5.32 Å². The van der Waals surface area contributed by atoms with Crippen LogP contribution in [0.1, 0.15) is 30.6 Å². The third-order valence-corrected chi connectivity index (χ3v) is 2.84. The van der Waals surface area contributed by atoms with E-state index < -0.39 is 16.9 Å². The Bertz CT molecular complexity index is 502. The summed E-state index contributed by atoms with van der Waals surface area (Å²) in [6.07, 6.45) is 0.608. The lowest BCUT2D eigenvalue weighted by Crippen LogP contribution is -2.38. The fourth-order valence-corrected chi connectivity index (χ4v) is 1.92. The SMILES string of the molecule is CC(C)CC(CO)NC(=O)c1cccc([N+](=O)[O-])c1N. The van der Waals surface area contributed by atoms with Crippen molar-refractivity contribution < 1.29 is 14.8 Å². The maximum absolute atomic E-state index is 12.1. The Labute approximate surface area is 116 Å². The van der Waals surface area contributed by atoms with Crippen LogP contribution in [0.3, 0.4) is 0 Å². The molecule has 20 heavy (non-hydrogen) atoms. The molecule has 1 aromatic carbocycles. The van der Waals surface area contributed by atoms with Gasteiger partial charge in [-0.25, -0.2) is 0 Å². The van der Waals surface area contributed by atoms with Crippen molar-refractivity contribution in [3.63, 3.8) is 0 Å². The minimum Gasteiger partial charge on any atom is -0.394 e. The zero-order valence-corrected chi connectivity index (χ0v) is 11.5. The van der Waals surface area contributed by atoms with Crippen LogP contribution in [-0.4, -0.2) is 28.6 Å². The monoisotopic (exact) mass is 281 g/mol. The van der Waals surface area contributed by atoms with Crippen LogP contribution in [0.4, 0.5) is 11.4 Å². The molecule has 1 atom stereocenters. The fraction of sp³-hybridized carbons (Fsp3) is 0.462. The Balaban J connectivity index is 2.92.